The molecule has 6 nitrogen and oxygen atoms in total. The van der Waals surface area contributed by atoms with Crippen LogP contribution in [0.2, 0.25) is 0 Å². The maximum atomic E-state index is 12.8. The molecule has 0 aliphatic rings. The average molecular weight is 414 g/mol. The second-order valence-electron chi connectivity index (χ2n) is 5.83. The fourth-order valence-corrected chi connectivity index (χ4v) is 3.08. The summed E-state index contributed by atoms with van der Waals surface area (Å²) in [6.45, 7) is 0.533. The smallest absolute Gasteiger partial charge is 0.352 e. The zero-order chi connectivity index (χ0) is 20.8. The zero-order valence-corrected chi connectivity index (χ0v) is 16.2. The Bertz CT molecular complexity index is 927. The third kappa shape index (κ3) is 5.96. The number of nitrogens with zero attached hydrogens (tertiary/aromatic N) is 1. The van der Waals surface area contributed by atoms with Crippen molar-refractivity contribution in [3.8, 4) is 0 Å². The highest BCUT2D eigenvalue weighted by Crippen LogP contribution is 2.29. The molecule has 0 fully saturated rings. The molecule has 2 aromatic carbocycles. The molecule has 0 amide bonds. The first-order valence-electron chi connectivity index (χ1n) is 8.29. The van der Waals surface area contributed by atoms with Crippen LogP contribution >= 0.6 is 0 Å². The molecule has 0 bridgehead atoms. The first-order chi connectivity index (χ1) is 13.2. The highest BCUT2D eigenvalue weighted by Gasteiger charge is 2.30. The van der Waals surface area contributed by atoms with Gasteiger partial charge >= 0.3 is 6.18 Å². The summed E-state index contributed by atoms with van der Waals surface area (Å²) in [6.07, 6.45) is -4.39. The van der Waals surface area contributed by atoms with E-state index in [0.717, 1.165) is 17.7 Å². The minimum absolute atomic E-state index is 0.158. The van der Waals surface area contributed by atoms with Gasteiger partial charge in [0.1, 0.15) is 0 Å². The van der Waals surface area contributed by atoms with Crippen molar-refractivity contribution in [1.82, 2.24) is 15.4 Å². The molecule has 0 saturated heterocycles. The molecule has 2 rings (SSSR count). The quantitative estimate of drug-likeness (QED) is 0.501. The first kappa shape index (κ1) is 21.7. The van der Waals surface area contributed by atoms with Gasteiger partial charge in [0, 0.05) is 20.1 Å². The Labute approximate surface area is 161 Å². The number of hydrogen-bond acceptors (Lipinski definition) is 3. The van der Waals surface area contributed by atoms with Gasteiger partial charge in [-0.15, -0.1) is 0 Å². The number of sulfonamides is 1. The highest BCUT2D eigenvalue weighted by molar-refractivity contribution is 7.89. The molecule has 2 aromatic rings. The summed E-state index contributed by atoms with van der Waals surface area (Å²) in [6, 6.07) is 11.4. The van der Waals surface area contributed by atoms with Gasteiger partial charge in [-0.25, -0.2) is 13.1 Å². The van der Waals surface area contributed by atoms with E-state index >= 15 is 0 Å². The Balaban J connectivity index is 1.93. The Morgan fingerprint density at radius 2 is 1.61 bits per heavy atom. The number of benzene rings is 2. The number of guanidine groups is 1. The Hall–Kier alpha value is -2.59. The van der Waals surface area contributed by atoms with Gasteiger partial charge in [0.25, 0.3) is 0 Å². The fourth-order valence-electron chi connectivity index (χ4n) is 2.35. The van der Waals surface area contributed by atoms with Crippen molar-refractivity contribution < 1.29 is 21.6 Å². The number of rotatable bonds is 6. The van der Waals surface area contributed by atoms with Gasteiger partial charge in [-0.05, 0) is 42.4 Å². The van der Waals surface area contributed by atoms with Gasteiger partial charge in [0.2, 0.25) is 10.0 Å². The van der Waals surface area contributed by atoms with Gasteiger partial charge in [-0.1, -0.05) is 24.3 Å². The Morgan fingerprint density at radius 3 is 2.14 bits per heavy atom. The molecule has 0 heterocycles. The zero-order valence-electron chi connectivity index (χ0n) is 15.3. The number of hydrogen-bond donors (Lipinski definition) is 3. The molecule has 28 heavy (non-hydrogen) atoms. The number of halogens is 3. The molecular formula is C18H21F3N4O2S. The van der Waals surface area contributed by atoms with Crippen molar-refractivity contribution in [2.75, 3.05) is 14.1 Å². The standard InChI is InChI=1S/C18H21F3N4O2S/c1-22-17(25-12-14-4-3-5-15(10-14)18(19,20)21)24-11-13-6-8-16(9-7-13)28(26,27)23-2/h3-10,23H,11-12H2,1-2H3,(H2,22,24,25). The predicted molar refractivity (Wildman–Crippen MR) is 101 cm³/mol. The van der Waals surface area contributed by atoms with Crippen LogP contribution in [0.15, 0.2) is 58.4 Å². The van der Waals surface area contributed by atoms with Crippen molar-refractivity contribution in [2.24, 2.45) is 4.99 Å². The lowest BCUT2D eigenvalue weighted by atomic mass is 10.1. The lowest BCUT2D eigenvalue weighted by Crippen LogP contribution is -2.36. The third-order valence-electron chi connectivity index (χ3n) is 3.90. The van der Waals surface area contributed by atoms with E-state index in [-0.39, 0.29) is 11.4 Å². The largest absolute Gasteiger partial charge is 0.416 e. The van der Waals surface area contributed by atoms with E-state index in [9.17, 15) is 21.6 Å². The van der Waals surface area contributed by atoms with Crippen molar-refractivity contribution >= 4 is 16.0 Å². The topological polar surface area (TPSA) is 82.6 Å². The highest BCUT2D eigenvalue weighted by atomic mass is 32.2. The second kappa shape index (κ2) is 9.07. The van der Waals surface area contributed by atoms with Crippen molar-refractivity contribution in [2.45, 2.75) is 24.2 Å². The molecule has 0 aromatic heterocycles. The summed E-state index contributed by atoms with van der Waals surface area (Å²) in [5, 5.41) is 5.97. The van der Waals surface area contributed by atoms with E-state index in [1.54, 1.807) is 25.2 Å². The molecule has 0 radical (unpaired) electrons. The molecule has 0 unspecified atom stereocenters. The van der Waals surface area contributed by atoms with Crippen molar-refractivity contribution in [1.29, 1.82) is 0 Å². The lowest BCUT2D eigenvalue weighted by molar-refractivity contribution is -0.137. The minimum atomic E-state index is -4.39. The van der Waals surface area contributed by atoms with Crippen LogP contribution in [0.1, 0.15) is 16.7 Å². The maximum Gasteiger partial charge on any atom is 0.416 e. The molecule has 0 aliphatic carbocycles. The van der Waals surface area contributed by atoms with E-state index in [0.29, 0.717) is 18.1 Å². The molecule has 0 aliphatic heterocycles. The summed E-state index contributed by atoms with van der Waals surface area (Å²) >= 11 is 0. The van der Waals surface area contributed by atoms with Crippen LogP contribution in [0.3, 0.4) is 0 Å². The van der Waals surface area contributed by atoms with Gasteiger partial charge < -0.3 is 10.6 Å². The molecule has 0 saturated carbocycles. The van der Waals surface area contributed by atoms with Crippen LogP contribution in [-0.4, -0.2) is 28.5 Å². The second-order valence-corrected chi connectivity index (χ2v) is 7.72. The lowest BCUT2D eigenvalue weighted by Gasteiger charge is -2.13. The average Bonchev–Trinajstić information content (AvgIpc) is 2.68. The molecule has 152 valence electrons. The molecule has 0 spiro atoms. The predicted octanol–water partition coefficient (Wildman–Crippen LogP) is 2.48. The van der Waals surface area contributed by atoms with E-state index in [2.05, 4.69) is 20.3 Å². The van der Waals surface area contributed by atoms with Crippen LogP contribution in [0, 0.1) is 0 Å². The van der Waals surface area contributed by atoms with E-state index in [1.165, 1.54) is 25.2 Å². The Morgan fingerprint density at radius 1 is 1.00 bits per heavy atom. The van der Waals surface area contributed by atoms with Crippen LogP contribution in [0.5, 0.6) is 0 Å². The normalized spacial score (nSPS) is 12.7. The molecular weight excluding hydrogens is 393 g/mol. The Kier molecular flexibility index (Phi) is 7.03. The van der Waals surface area contributed by atoms with E-state index < -0.39 is 21.8 Å². The van der Waals surface area contributed by atoms with Gasteiger partial charge in [0.15, 0.2) is 5.96 Å². The summed E-state index contributed by atoms with van der Waals surface area (Å²) in [7, 11) is -0.607. The van der Waals surface area contributed by atoms with Crippen LogP contribution in [0.25, 0.3) is 0 Å². The summed E-state index contributed by atoms with van der Waals surface area (Å²) in [4.78, 5) is 4.18. The molecule has 0 atom stereocenters. The van der Waals surface area contributed by atoms with Crippen molar-refractivity contribution in [3.05, 3.63) is 65.2 Å². The van der Waals surface area contributed by atoms with E-state index in [4.69, 9.17) is 0 Å². The first-order valence-corrected chi connectivity index (χ1v) is 9.77. The van der Waals surface area contributed by atoms with Crippen LogP contribution in [-0.2, 0) is 29.3 Å². The summed E-state index contributed by atoms with van der Waals surface area (Å²) < 4.78 is 64.0. The fraction of sp³-hybridized carbons (Fsp3) is 0.278. The monoisotopic (exact) mass is 414 g/mol. The van der Waals surface area contributed by atoms with Gasteiger partial charge in [-0.2, -0.15) is 13.2 Å². The number of alkyl halides is 3. The SMILES string of the molecule is CN=C(NCc1ccc(S(=O)(=O)NC)cc1)NCc1cccc(C(F)(F)F)c1. The molecule has 10 heteroatoms. The minimum Gasteiger partial charge on any atom is -0.352 e. The summed E-state index contributed by atoms with van der Waals surface area (Å²) in [5.74, 6) is 0.407. The number of aliphatic imine (C=N–C) groups is 1. The van der Waals surface area contributed by atoms with Crippen molar-refractivity contribution in [3.63, 3.8) is 0 Å². The van der Waals surface area contributed by atoms with Crippen LogP contribution in [0.4, 0.5) is 13.2 Å². The van der Waals surface area contributed by atoms with E-state index in [1.807, 2.05) is 0 Å². The third-order valence-corrected chi connectivity index (χ3v) is 5.33. The number of nitrogens with one attached hydrogen (secondary N) is 3. The van der Waals surface area contributed by atoms with Gasteiger partial charge in [-0.3, -0.25) is 4.99 Å². The summed E-state index contributed by atoms with van der Waals surface area (Å²) in [5.41, 5.74) is 0.586. The molecule has 3 N–H and O–H groups in total. The van der Waals surface area contributed by atoms with Crippen LogP contribution < -0.4 is 15.4 Å². The maximum absolute atomic E-state index is 12.8. The van der Waals surface area contributed by atoms with Gasteiger partial charge in [0.05, 0.1) is 10.5 Å².